The number of carbonyl (C=O) groups excluding carboxylic acids is 1. The fourth-order valence-corrected chi connectivity index (χ4v) is 2.04. The molecular weight excluding hydrogens is 204 g/mol. The quantitative estimate of drug-likeness (QED) is 0.678. The smallest absolute Gasteiger partial charge is 0.228 e. The van der Waals surface area contributed by atoms with E-state index in [0.29, 0.717) is 13.2 Å². The van der Waals surface area contributed by atoms with Gasteiger partial charge in [0.1, 0.15) is 0 Å². The summed E-state index contributed by atoms with van der Waals surface area (Å²) in [5.41, 5.74) is 0.616. The number of carbonyl (C=O) groups is 1. The van der Waals surface area contributed by atoms with Crippen molar-refractivity contribution < 1.29 is 9.53 Å². The molecule has 1 rings (SSSR count). The molecule has 2 N–H and O–H groups in total. The first kappa shape index (κ1) is 13.2. The second kappa shape index (κ2) is 6.01. The van der Waals surface area contributed by atoms with Gasteiger partial charge in [-0.3, -0.25) is 4.79 Å². The fourth-order valence-electron chi connectivity index (χ4n) is 2.04. The Balaban J connectivity index is 2.60. The number of ether oxygens (including phenoxy) is 1. The Bertz CT molecular complexity index is 252. The van der Waals surface area contributed by atoms with Crippen LogP contribution in [0.2, 0.25) is 0 Å². The predicted octanol–water partition coefficient (Wildman–Crippen LogP) is 0.695. The summed E-state index contributed by atoms with van der Waals surface area (Å²) in [6, 6.07) is 0. The Morgan fingerprint density at radius 1 is 1.50 bits per heavy atom. The van der Waals surface area contributed by atoms with Crippen molar-refractivity contribution in [3.63, 3.8) is 0 Å². The van der Waals surface area contributed by atoms with Gasteiger partial charge in [-0.25, -0.2) is 0 Å². The minimum absolute atomic E-state index is 0.0962. The number of piperidine rings is 1. The zero-order valence-corrected chi connectivity index (χ0v) is 10.3. The van der Waals surface area contributed by atoms with E-state index in [1.807, 2.05) is 6.92 Å². The van der Waals surface area contributed by atoms with Gasteiger partial charge in [-0.1, -0.05) is 12.2 Å². The van der Waals surface area contributed by atoms with Gasteiger partial charge in [-0.2, -0.15) is 0 Å². The maximum atomic E-state index is 12.2. The van der Waals surface area contributed by atoms with Crippen LogP contribution in [0.25, 0.3) is 0 Å². The van der Waals surface area contributed by atoms with Crippen molar-refractivity contribution in [2.45, 2.75) is 19.8 Å². The molecule has 1 aliphatic heterocycles. The first-order valence-electron chi connectivity index (χ1n) is 5.73. The van der Waals surface area contributed by atoms with E-state index in [2.05, 4.69) is 17.2 Å². The lowest BCUT2D eigenvalue weighted by Crippen LogP contribution is -2.50. The molecule has 0 aromatic heterocycles. The van der Waals surface area contributed by atoms with E-state index >= 15 is 0 Å². The maximum Gasteiger partial charge on any atom is 0.228 e. The van der Waals surface area contributed by atoms with E-state index in [9.17, 15) is 4.79 Å². The summed E-state index contributed by atoms with van der Waals surface area (Å²) in [7, 11) is 1.65. The SMILES string of the molecule is C=C(C)CNC(=O)C1(COC)CCNCC1. The molecule has 4 nitrogen and oxygen atoms in total. The number of nitrogens with one attached hydrogen (secondary N) is 2. The zero-order valence-electron chi connectivity index (χ0n) is 10.3. The summed E-state index contributed by atoms with van der Waals surface area (Å²) >= 11 is 0. The average molecular weight is 226 g/mol. The minimum atomic E-state index is -0.352. The van der Waals surface area contributed by atoms with Gasteiger partial charge in [0.05, 0.1) is 12.0 Å². The number of hydrogen-bond acceptors (Lipinski definition) is 3. The molecule has 1 fully saturated rings. The Morgan fingerprint density at radius 3 is 2.62 bits per heavy atom. The molecule has 0 atom stereocenters. The van der Waals surface area contributed by atoms with Gasteiger partial charge in [-0.15, -0.1) is 0 Å². The van der Waals surface area contributed by atoms with E-state index in [1.165, 1.54) is 0 Å². The highest BCUT2D eigenvalue weighted by atomic mass is 16.5. The molecule has 0 aliphatic carbocycles. The second-order valence-electron chi connectivity index (χ2n) is 4.60. The van der Waals surface area contributed by atoms with E-state index in [4.69, 9.17) is 4.74 Å². The number of amides is 1. The molecule has 0 aromatic carbocycles. The normalized spacial score (nSPS) is 19.1. The van der Waals surface area contributed by atoms with Gasteiger partial charge in [0.15, 0.2) is 0 Å². The van der Waals surface area contributed by atoms with Crippen LogP contribution in [0, 0.1) is 5.41 Å². The first-order valence-corrected chi connectivity index (χ1v) is 5.73. The molecule has 0 aromatic rings. The molecule has 1 heterocycles. The summed E-state index contributed by atoms with van der Waals surface area (Å²) in [5.74, 6) is 0.0962. The average Bonchev–Trinajstić information content (AvgIpc) is 2.27. The molecule has 0 saturated carbocycles. The van der Waals surface area contributed by atoms with Crippen LogP contribution in [0.15, 0.2) is 12.2 Å². The Hall–Kier alpha value is -0.870. The molecule has 0 unspecified atom stereocenters. The fraction of sp³-hybridized carbons (Fsp3) is 0.750. The van der Waals surface area contributed by atoms with Gasteiger partial charge < -0.3 is 15.4 Å². The summed E-state index contributed by atoms with van der Waals surface area (Å²) < 4.78 is 5.20. The highest BCUT2D eigenvalue weighted by Gasteiger charge is 2.39. The van der Waals surface area contributed by atoms with E-state index in [0.717, 1.165) is 31.5 Å². The van der Waals surface area contributed by atoms with Gasteiger partial charge in [-0.05, 0) is 32.9 Å². The molecule has 16 heavy (non-hydrogen) atoms. The van der Waals surface area contributed by atoms with Crippen molar-refractivity contribution in [3.05, 3.63) is 12.2 Å². The van der Waals surface area contributed by atoms with Gasteiger partial charge in [0, 0.05) is 13.7 Å². The van der Waals surface area contributed by atoms with Crippen LogP contribution in [0.3, 0.4) is 0 Å². The standard InChI is InChI=1S/C12H22N2O2/c1-10(2)8-14-11(15)12(9-16-3)4-6-13-7-5-12/h13H,1,4-9H2,2-3H3,(H,14,15). The van der Waals surface area contributed by atoms with Crippen LogP contribution < -0.4 is 10.6 Å². The summed E-state index contributed by atoms with van der Waals surface area (Å²) in [6.45, 7) is 8.50. The minimum Gasteiger partial charge on any atom is -0.384 e. The second-order valence-corrected chi connectivity index (χ2v) is 4.60. The summed E-state index contributed by atoms with van der Waals surface area (Å²) in [6.07, 6.45) is 1.67. The van der Waals surface area contributed by atoms with Crippen molar-refractivity contribution in [3.8, 4) is 0 Å². The van der Waals surface area contributed by atoms with Crippen LogP contribution in [-0.4, -0.2) is 39.3 Å². The number of methoxy groups -OCH3 is 1. The maximum absolute atomic E-state index is 12.2. The van der Waals surface area contributed by atoms with Crippen LogP contribution in [0.5, 0.6) is 0 Å². The lowest BCUT2D eigenvalue weighted by Gasteiger charge is -2.35. The first-order chi connectivity index (χ1) is 7.60. The van der Waals surface area contributed by atoms with Crippen molar-refractivity contribution in [1.29, 1.82) is 0 Å². The van der Waals surface area contributed by atoms with Crippen molar-refractivity contribution in [1.82, 2.24) is 10.6 Å². The monoisotopic (exact) mass is 226 g/mol. The summed E-state index contributed by atoms with van der Waals surface area (Å²) in [5, 5.41) is 6.20. The molecule has 1 aliphatic rings. The lowest BCUT2D eigenvalue weighted by atomic mass is 9.78. The van der Waals surface area contributed by atoms with Crippen LogP contribution >= 0.6 is 0 Å². The number of hydrogen-bond donors (Lipinski definition) is 2. The molecular formula is C12H22N2O2. The molecule has 1 saturated heterocycles. The molecule has 0 spiro atoms. The van der Waals surface area contributed by atoms with E-state index in [-0.39, 0.29) is 11.3 Å². The summed E-state index contributed by atoms with van der Waals surface area (Å²) in [4.78, 5) is 12.2. The zero-order chi connectivity index (χ0) is 12.0. The third-order valence-corrected chi connectivity index (χ3v) is 3.01. The predicted molar refractivity (Wildman–Crippen MR) is 64.2 cm³/mol. The number of rotatable bonds is 5. The van der Waals surface area contributed by atoms with Crippen LogP contribution in [0.1, 0.15) is 19.8 Å². The van der Waals surface area contributed by atoms with Gasteiger partial charge in [0.25, 0.3) is 0 Å². The van der Waals surface area contributed by atoms with E-state index in [1.54, 1.807) is 7.11 Å². The van der Waals surface area contributed by atoms with E-state index < -0.39 is 0 Å². The Morgan fingerprint density at radius 2 is 2.12 bits per heavy atom. The Labute approximate surface area is 97.4 Å². The van der Waals surface area contributed by atoms with Gasteiger partial charge in [0.2, 0.25) is 5.91 Å². The highest BCUT2D eigenvalue weighted by molar-refractivity contribution is 5.83. The molecule has 92 valence electrons. The van der Waals surface area contributed by atoms with Crippen molar-refractivity contribution in [2.75, 3.05) is 33.4 Å². The Kier molecular flexibility index (Phi) is 4.96. The third-order valence-electron chi connectivity index (χ3n) is 3.01. The van der Waals surface area contributed by atoms with Crippen LogP contribution in [-0.2, 0) is 9.53 Å². The van der Waals surface area contributed by atoms with Crippen molar-refractivity contribution >= 4 is 5.91 Å². The lowest BCUT2D eigenvalue weighted by molar-refractivity contribution is -0.136. The third kappa shape index (κ3) is 3.32. The molecule has 4 heteroatoms. The van der Waals surface area contributed by atoms with Gasteiger partial charge >= 0.3 is 0 Å². The van der Waals surface area contributed by atoms with Crippen LogP contribution in [0.4, 0.5) is 0 Å². The largest absolute Gasteiger partial charge is 0.384 e. The van der Waals surface area contributed by atoms with Crippen molar-refractivity contribution in [2.24, 2.45) is 5.41 Å². The highest BCUT2D eigenvalue weighted by Crippen LogP contribution is 2.29. The topological polar surface area (TPSA) is 50.4 Å². The molecule has 0 radical (unpaired) electrons. The molecule has 0 bridgehead atoms. The molecule has 1 amide bonds.